The second kappa shape index (κ2) is 6.53. The van der Waals surface area contributed by atoms with Gasteiger partial charge in [-0.2, -0.15) is 0 Å². The van der Waals surface area contributed by atoms with Crippen molar-refractivity contribution in [2.75, 3.05) is 6.54 Å². The first-order chi connectivity index (χ1) is 9.15. The van der Waals surface area contributed by atoms with E-state index >= 15 is 0 Å². The summed E-state index contributed by atoms with van der Waals surface area (Å²) in [6, 6.07) is 7.00. The van der Waals surface area contributed by atoms with Gasteiger partial charge in [-0.15, -0.1) is 11.3 Å². The molecule has 0 bridgehead atoms. The van der Waals surface area contributed by atoms with E-state index in [0.717, 1.165) is 4.88 Å². The molecule has 5 nitrogen and oxygen atoms in total. The number of carbonyl (C=O) groups is 2. The molecule has 0 radical (unpaired) electrons. The fourth-order valence-corrected chi connectivity index (χ4v) is 2.30. The molecule has 2 aromatic rings. The van der Waals surface area contributed by atoms with Gasteiger partial charge in [0.1, 0.15) is 0 Å². The highest BCUT2D eigenvalue weighted by atomic mass is 79.9. The molecule has 0 aliphatic heterocycles. The van der Waals surface area contributed by atoms with Gasteiger partial charge in [-0.05, 0) is 39.5 Å². The zero-order valence-corrected chi connectivity index (χ0v) is 12.2. The fraction of sp³-hybridized carbons (Fsp3) is 0.167. The lowest BCUT2D eigenvalue weighted by Crippen LogP contribution is -2.36. The van der Waals surface area contributed by atoms with E-state index < -0.39 is 5.91 Å². The molecule has 2 N–H and O–H groups in total. The van der Waals surface area contributed by atoms with E-state index in [1.54, 1.807) is 17.4 Å². The van der Waals surface area contributed by atoms with E-state index in [2.05, 4.69) is 26.6 Å². The topological polar surface area (TPSA) is 71.3 Å². The maximum Gasteiger partial charge on any atom is 0.287 e. The van der Waals surface area contributed by atoms with Crippen LogP contribution < -0.4 is 10.6 Å². The zero-order valence-electron chi connectivity index (χ0n) is 9.81. The summed E-state index contributed by atoms with van der Waals surface area (Å²) in [6.07, 6.45) is 0. The fourth-order valence-electron chi connectivity index (χ4n) is 1.35. The van der Waals surface area contributed by atoms with Crippen LogP contribution in [0.1, 0.15) is 15.4 Å². The van der Waals surface area contributed by atoms with Gasteiger partial charge in [0.2, 0.25) is 5.91 Å². The Hall–Kier alpha value is -1.60. The number of thiophene rings is 1. The molecule has 0 saturated carbocycles. The minimum Gasteiger partial charge on any atom is -0.444 e. The lowest BCUT2D eigenvalue weighted by atomic mass is 10.4. The van der Waals surface area contributed by atoms with E-state index in [1.165, 1.54) is 6.07 Å². The van der Waals surface area contributed by atoms with Crippen molar-refractivity contribution in [3.63, 3.8) is 0 Å². The van der Waals surface area contributed by atoms with Crippen LogP contribution in [-0.4, -0.2) is 18.4 Å². The smallest absolute Gasteiger partial charge is 0.287 e. The predicted molar refractivity (Wildman–Crippen MR) is 74.9 cm³/mol. The average Bonchev–Trinajstić information content (AvgIpc) is 3.04. The highest BCUT2D eigenvalue weighted by Gasteiger charge is 2.11. The quantitative estimate of drug-likeness (QED) is 0.874. The third-order valence-corrected chi connectivity index (χ3v) is 3.55. The lowest BCUT2D eigenvalue weighted by Gasteiger charge is -2.04. The molecular weight excluding hydrogens is 332 g/mol. The first kappa shape index (κ1) is 13.8. The van der Waals surface area contributed by atoms with Crippen LogP contribution in [0, 0.1) is 0 Å². The minimum atomic E-state index is -0.419. The number of hydrogen-bond donors (Lipinski definition) is 2. The number of rotatable bonds is 5. The third-order valence-electron chi connectivity index (χ3n) is 2.25. The molecule has 0 unspecified atom stereocenters. The minimum absolute atomic E-state index is 0.0808. The Bertz CT molecular complexity index is 565. The van der Waals surface area contributed by atoms with E-state index in [0.29, 0.717) is 11.2 Å². The van der Waals surface area contributed by atoms with Gasteiger partial charge in [0.15, 0.2) is 10.4 Å². The Kier molecular flexibility index (Phi) is 4.75. The standard InChI is InChI=1S/C12H11BrN2O3S/c13-10-4-3-9(18-10)12(17)15-7-11(16)14-6-8-2-1-5-19-8/h1-5H,6-7H2,(H,14,16)(H,15,17). The second-order valence-electron chi connectivity index (χ2n) is 3.64. The first-order valence-corrected chi connectivity index (χ1v) is 7.15. The molecule has 2 rings (SSSR count). The first-order valence-electron chi connectivity index (χ1n) is 5.48. The zero-order chi connectivity index (χ0) is 13.7. The SMILES string of the molecule is O=C(CNC(=O)c1ccc(Br)o1)NCc1cccs1. The summed E-state index contributed by atoms with van der Waals surface area (Å²) in [5.74, 6) is -0.498. The molecular formula is C12H11BrN2O3S. The molecule has 0 spiro atoms. The summed E-state index contributed by atoms with van der Waals surface area (Å²) in [5, 5.41) is 7.14. The van der Waals surface area contributed by atoms with Gasteiger partial charge >= 0.3 is 0 Å². The summed E-state index contributed by atoms with van der Waals surface area (Å²) in [7, 11) is 0. The second-order valence-corrected chi connectivity index (χ2v) is 5.46. The molecule has 0 aliphatic carbocycles. The van der Waals surface area contributed by atoms with Crippen molar-refractivity contribution in [2.45, 2.75) is 6.54 Å². The molecule has 7 heteroatoms. The molecule has 0 aliphatic rings. The number of amides is 2. The summed E-state index contributed by atoms with van der Waals surface area (Å²) in [5.41, 5.74) is 0. The Morgan fingerprint density at radius 1 is 1.26 bits per heavy atom. The molecule has 2 amide bonds. The molecule has 100 valence electrons. The largest absolute Gasteiger partial charge is 0.444 e. The Labute approximate surface area is 122 Å². The Morgan fingerprint density at radius 3 is 2.74 bits per heavy atom. The molecule has 19 heavy (non-hydrogen) atoms. The number of nitrogens with one attached hydrogen (secondary N) is 2. The lowest BCUT2D eigenvalue weighted by molar-refractivity contribution is -0.120. The third kappa shape index (κ3) is 4.22. The van der Waals surface area contributed by atoms with Gasteiger partial charge in [0.25, 0.3) is 5.91 Å². The maximum absolute atomic E-state index is 11.6. The number of halogens is 1. The number of hydrogen-bond acceptors (Lipinski definition) is 4. The molecule has 0 fully saturated rings. The van der Waals surface area contributed by atoms with Gasteiger partial charge < -0.3 is 15.1 Å². The van der Waals surface area contributed by atoms with E-state index in [1.807, 2.05) is 17.5 Å². The van der Waals surface area contributed by atoms with Crippen LogP contribution >= 0.6 is 27.3 Å². The van der Waals surface area contributed by atoms with Crippen molar-refractivity contribution in [1.82, 2.24) is 10.6 Å². The Morgan fingerprint density at radius 2 is 2.11 bits per heavy atom. The average molecular weight is 343 g/mol. The van der Waals surface area contributed by atoms with Gasteiger partial charge in [-0.1, -0.05) is 6.07 Å². The van der Waals surface area contributed by atoms with E-state index in [4.69, 9.17) is 4.42 Å². The molecule has 0 aromatic carbocycles. The van der Waals surface area contributed by atoms with Crippen molar-refractivity contribution < 1.29 is 14.0 Å². The summed E-state index contributed by atoms with van der Waals surface area (Å²) < 4.78 is 5.54. The monoisotopic (exact) mass is 342 g/mol. The summed E-state index contributed by atoms with van der Waals surface area (Å²) in [4.78, 5) is 24.2. The molecule has 2 heterocycles. The number of carbonyl (C=O) groups excluding carboxylic acids is 2. The van der Waals surface area contributed by atoms with Crippen molar-refractivity contribution in [3.05, 3.63) is 45.0 Å². The van der Waals surface area contributed by atoms with Crippen LogP contribution in [0.15, 0.2) is 38.7 Å². The van der Waals surface area contributed by atoms with E-state index in [9.17, 15) is 9.59 Å². The maximum atomic E-state index is 11.6. The van der Waals surface area contributed by atoms with Crippen molar-refractivity contribution in [3.8, 4) is 0 Å². The van der Waals surface area contributed by atoms with Crippen molar-refractivity contribution >= 4 is 39.1 Å². The van der Waals surface area contributed by atoms with Crippen LogP contribution in [0.2, 0.25) is 0 Å². The van der Waals surface area contributed by atoms with Crippen LogP contribution in [0.3, 0.4) is 0 Å². The normalized spacial score (nSPS) is 10.2. The predicted octanol–water partition coefficient (Wildman–Crippen LogP) is 2.15. The van der Waals surface area contributed by atoms with Gasteiger partial charge in [0, 0.05) is 4.88 Å². The van der Waals surface area contributed by atoms with Crippen LogP contribution in [0.4, 0.5) is 0 Å². The van der Waals surface area contributed by atoms with Crippen LogP contribution in [0.25, 0.3) is 0 Å². The van der Waals surface area contributed by atoms with Gasteiger partial charge in [-0.3, -0.25) is 9.59 Å². The van der Waals surface area contributed by atoms with E-state index in [-0.39, 0.29) is 18.2 Å². The molecule has 0 saturated heterocycles. The molecule has 2 aromatic heterocycles. The van der Waals surface area contributed by atoms with Gasteiger partial charge in [0.05, 0.1) is 13.1 Å². The van der Waals surface area contributed by atoms with Crippen LogP contribution in [-0.2, 0) is 11.3 Å². The summed E-state index contributed by atoms with van der Waals surface area (Å²) in [6.45, 7) is 0.390. The Balaban J connectivity index is 1.73. The van der Waals surface area contributed by atoms with Crippen LogP contribution in [0.5, 0.6) is 0 Å². The van der Waals surface area contributed by atoms with Crippen molar-refractivity contribution in [2.24, 2.45) is 0 Å². The highest BCUT2D eigenvalue weighted by Crippen LogP contribution is 2.13. The molecule has 0 atom stereocenters. The summed E-state index contributed by atoms with van der Waals surface area (Å²) >= 11 is 4.67. The van der Waals surface area contributed by atoms with Crippen molar-refractivity contribution in [1.29, 1.82) is 0 Å². The number of furan rings is 1. The van der Waals surface area contributed by atoms with Gasteiger partial charge in [-0.25, -0.2) is 0 Å². The highest BCUT2D eigenvalue weighted by molar-refractivity contribution is 9.10.